The predicted molar refractivity (Wildman–Crippen MR) is 81.0 cm³/mol. The van der Waals surface area contributed by atoms with Crippen LogP contribution in [0.15, 0.2) is 18.2 Å². The van der Waals surface area contributed by atoms with E-state index in [0.717, 1.165) is 6.42 Å². The summed E-state index contributed by atoms with van der Waals surface area (Å²) in [5.74, 6) is -0.485. The number of amides is 2. The predicted octanol–water partition coefficient (Wildman–Crippen LogP) is 2.11. The molecule has 110 valence electrons. The van der Waals surface area contributed by atoms with E-state index in [9.17, 15) is 9.59 Å². The minimum absolute atomic E-state index is 0.219. The maximum absolute atomic E-state index is 11.9. The summed E-state index contributed by atoms with van der Waals surface area (Å²) in [6.45, 7) is 1.96. The monoisotopic (exact) mass is 297 g/mol. The van der Waals surface area contributed by atoms with Crippen molar-refractivity contribution in [2.24, 2.45) is 5.73 Å². The van der Waals surface area contributed by atoms with E-state index in [1.54, 1.807) is 32.3 Å². The van der Waals surface area contributed by atoms with E-state index >= 15 is 0 Å². The van der Waals surface area contributed by atoms with Crippen LogP contribution < -0.4 is 11.1 Å². The molecule has 0 heterocycles. The highest BCUT2D eigenvalue weighted by molar-refractivity contribution is 6.34. The summed E-state index contributed by atoms with van der Waals surface area (Å²) < 4.78 is 0. The Morgan fingerprint density at radius 2 is 2.05 bits per heavy atom. The molecule has 5 nitrogen and oxygen atoms in total. The van der Waals surface area contributed by atoms with Crippen molar-refractivity contribution in [3.63, 3.8) is 0 Å². The van der Waals surface area contributed by atoms with E-state index in [1.807, 2.05) is 6.92 Å². The van der Waals surface area contributed by atoms with Crippen LogP contribution in [-0.2, 0) is 4.79 Å². The molecule has 0 radical (unpaired) electrons. The smallest absolute Gasteiger partial charge is 0.254 e. The van der Waals surface area contributed by atoms with Gasteiger partial charge in [0.05, 0.1) is 16.6 Å². The minimum atomic E-state index is -0.552. The molecule has 0 aliphatic heterocycles. The van der Waals surface area contributed by atoms with Gasteiger partial charge in [0.25, 0.3) is 5.91 Å². The van der Waals surface area contributed by atoms with Crippen LogP contribution in [0.3, 0.4) is 0 Å². The van der Waals surface area contributed by atoms with Crippen LogP contribution in [0.2, 0.25) is 5.02 Å². The Morgan fingerprint density at radius 1 is 1.40 bits per heavy atom. The second-order valence-electron chi connectivity index (χ2n) is 4.78. The van der Waals surface area contributed by atoms with Crippen molar-refractivity contribution in [2.45, 2.75) is 25.8 Å². The second kappa shape index (κ2) is 7.26. The van der Waals surface area contributed by atoms with E-state index in [-0.39, 0.29) is 11.8 Å². The van der Waals surface area contributed by atoms with Gasteiger partial charge < -0.3 is 16.0 Å². The number of nitrogens with two attached hydrogens (primary N) is 1. The molecule has 0 bridgehead atoms. The molecule has 3 N–H and O–H groups in total. The van der Waals surface area contributed by atoms with Crippen molar-refractivity contribution in [1.29, 1.82) is 0 Å². The summed E-state index contributed by atoms with van der Waals surface area (Å²) in [5, 5.41) is 3.04. The number of anilines is 1. The lowest BCUT2D eigenvalue weighted by atomic mass is 10.1. The Bertz CT molecular complexity index is 503. The zero-order valence-electron chi connectivity index (χ0n) is 11.9. The third kappa shape index (κ3) is 4.21. The van der Waals surface area contributed by atoms with Crippen LogP contribution in [0.1, 0.15) is 30.1 Å². The van der Waals surface area contributed by atoms with E-state index in [2.05, 4.69) is 5.32 Å². The summed E-state index contributed by atoms with van der Waals surface area (Å²) in [6.07, 6.45) is 1.45. The zero-order valence-corrected chi connectivity index (χ0v) is 12.7. The Kier molecular flexibility index (Phi) is 5.98. The molecule has 0 aromatic heterocycles. The molecule has 20 heavy (non-hydrogen) atoms. The van der Waals surface area contributed by atoms with Crippen LogP contribution in [0.4, 0.5) is 5.69 Å². The second-order valence-corrected chi connectivity index (χ2v) is 5.19. The fraction of sp³-hybridized carbons (Fsp3) is 0.429. The van der Waals surface area contributed by atoms with Crippen molar-refractivity contribution in [1.82, 2.24) is 4.90 Å². The Labute approximate surface area is 124 Å². The van der Waals surface area contributed by atoms with Crippen molar-refractivity contribution in [2.75, 3.05) is 19.4 Å². The molecule has 1 atom stereocenters. The van der Waals surface area contributed by atoms with Crippen molar-refractivity contribution >= 4 is 29.1 Å². The molecule has 2 amide bonds. The molecule has 0 saturated heterocycles. The largest absolute Gasteiger partial charge is 0.345 e. The van der Waals surface area contributed by atoms with Gasteiger partial charge >= 0.3 is 0 Å². The molecule has 0 fully saturated rings. The molecule has 1 rings (SSSR count). The maximum atomic E-state index is 11.9. The van der Waals surface area contributed by atoms with Gasteiger partial charge in [0.15, 0.2) is 0 Å². The summed E-state index contributed by atoms with van der Waals surface area (Å²) in [6, 6.07) is 4.23. The summed E-state index contributed by atoms with van der Waals surface area (Å²) in [7, 11) is 3.28. The van der Waals surface area contributed by atoms with Gasteiger partial charge in [-0.05, 0) is 24.6 Å². The lowest BCUT2D eigenvalue weighted by molar-refractivity contribution is -0.117. The fourth-order valence-electron chi connectivity index (χ4n) is 1.68. The lowest BCUT2D eigenvalue weighted by Crippen LogP contribution is -2.35. The average Bonchev–Trinajstić information content (AvgIpc) is 2.40. The molecule has 0 unspecified atom stereocenters. The van der Waals surface area contributed by atoms with Gasteiger partial charge in [0.2, 0.25) is 5.91 Å². The lowest BCUT2D eigenvalue weighted by Gasteiger charge is -2.14. The Morgan fingerprint density at radius 3 is 2.60 bits per heavy atom. The Hall–Kier alpha value is -1.59. The zero-order chi connectivity index (χ0) is 15.3. The summed E-state index contributed by atoms with van der Waals surface area (Å²) in [5.41, 5.74) is 6.59. The van der Waals surface area contributed by atoms with Crippen molar-refractivity contribution in [3.8, 4) is 0 Å². The van der Waals surface area contributed by atoms with Gasteiger partial charge in [-0.1, -0.05) is 24.9 Å². The molecule has 0 aliphatic carbocycles. The van der Waals surface area contributed by atoms with E-state index in [4.69, 9.17) is 17.3 Å². The number of benzene rings is 1. The van der Waals surface area contributed by atoms with Crippen LogP contribution in [-0.4, -0.2) is 36.9 Å². The van der Waals surface area contributed by atoms with E-state index in [0.29, 0.717) is 22.7 Å². The first-order valence-electron chi connectivity index (χ1n) is 6.44. The number of nitrogens with one attached hydrogen (secondary N) is 1. The minimum Gasteiger partial charge on any atom is -0.345 e. The number of carbonyl (C=O) groups is 2. The fourth-order valence-corrected chi connectivity index (χ4v) is 1.88. The molecular weight excluding hydrogens is 278 g/mol. The quantitative estimate of drug-likeness (QED) is 0.874. The SMILES string of the molecule is CCC[C@H](N)C(=O)Nc1ccc(Cl)c(C(=O)N(C)C)c1. The van der Waals surface area contributed by atoms with E-state index in [1.165, 1.54) is 4.90 Å². The molecule has 0 saturated carbocycles. The first-order valence-corrected chi connectivity index (χ1v) is 6.82. The third-order valence-corrected chi connectivity index (χ3v) is 3.14. The number of nitrogens with zero attached hydrogens (tertiary/aromatic N) is 1. The van der Waals surface area contributed by atoms with Gasteiger partial charge in [0.1, 0.15) is 0 Å². The first kappa shape index (κ1) is 16.5. The normalized spacial score (nSPS) is 11.8. The maximum Gasteiger partial charge on any atom is 0.254 e. The van der Waals surface area contributed by atoms with Crippen molar-refractivity contribution in [3.05, 3.63) is 28.8 Å². The highest BCUT2D eigenvalue weighted by atomic mass is 35.5. The number of carbonyl (C=O) groups excluding carboxylic acids is 2. The molecule has 0 aliphatic rings. The van der Waals surface area contributed by atoms with Gasteiger partial charge in [-0.25, -0.2) is 0 Å². The third-order valence-electron chi connectivity index (χ3n) is 2.81. The van der Waals surface area contributed by atoms with Crippen LogP contribution in [0.25, 0.3) is 0 Å². The average molecular weight is 298 g/mol. The summed E-state index contributed by atoms with van der Waals surface area (Å²) in [4.78, 5) is 25.2. The van der Waals surface area contributed by atoms with Crippen molar-refractivity contribution < 1.29 is 9.59 Å². The topological polar surface area (TPSA) is 75.4 Å². The number of rotatable bonds is 5. The van der Waals surface area contributed by atoms with Gasteiger partial charge in [-0.15, -0.1) is 0 Å². The van der Waals surface area contributed by atoms with Gasteiger partial charge in [-0.2, -0.15) is 0 Å². The number of hydrogen-bond acceptors (Lipinski definition) is 3. The van der Waals surface area contributed by atoms with Crippen LogP contribution >= 0.6 is 11.6 Å². The molecule has 1 aromatic carbocycles. The molecule has 6 heteroatoms. The number of hydrogen-bond donors (Lipinski definition) is 2. The highest BCUT2D eigenvalue weighted by Gasteiger charge is 2.16. The van der Waals surface area contributed by atoms with E-state index < -0.39 is 6.04 Å². The standard InChI is InChI=1S/C14H20ClN3O2/c1-4-5-12(16)13(19)17-9-6-7-11(15)10(8-9)14(20)18(2)3/h6-8,12H,4-5,16H2,1-3H3,(H,17,19)/t12-/m0/s1. The molecule has 1 aromatic rings. The molecule has 0 spiro atoms. The van der Waals surface area contributed by atoms with Crippen LogP contribution in [0, 0.1) is 0 Å². The Balaban J connectivity index is 2.90. The first-order chi connectivity index (χ1) is 9.36. The highest BCUT2D eigenvalue weighted by Crippen LogP contribution is 2.21. The molecular formula is C14H20ClN3O2. The van der Waals surface area contributed by atoms with Gasteiger partial charge in [-0.3, -0.25) is 9.59 Å². The number of halogens is 1. The van der Waals surface area contributed by atoms with Crippen LogP contribution in [0.5, 0.6) is 0 Å². The summed E-state index contributed by atoms with van der Waals surface area (Å²) >= 11 is 6.00. The van der Waals surface area contributed by atoms with Gasteiger partial charge in [0, 0.05) is 19.8 Å².